The minimum Gasteiger partial charge on any atom is -0.350 e. The van der Waals surface area contributed by atoms with Crippen LogP contribution < -0.4 is 4.98 Å². The van der Waals surface area contributed by atoms with Crippen LogP contribution in [-0.4, -0.2) is 31.2 Å². The van der Waals surface area contributed by atoms with Gasteiger partial charge in [-0.25, -0.2) is 0 Å². The fourth-order valence-electron chi connectivity index (χ4n) is 1.61. The van der Waals surface area contributed by atoms with Gasteiger partial charge in [-0.05, 0) is 41.3 Å². The second kappa shape index (κ2) is 8.12. The Kier molecular flexibility index (Phi) is 8.35. The number of nitrogens with one attached hydrogen (secondary N) is 1. The molecule has 0 unspecified atom stereocenters. The molecule has 0 saturated carbocycles. The van der Waals surface area contributed by atoms with E-state index in [9.17, 15) is 4.57 Å². The van der Waals surface area contributed by atoms with Crippen LogP contribution in [-0.2, 0) is 13.0 Å². The van der Waals surface area contributed by atoms with E-state index >= 15 is 0 Å². The maximum atomic E-state index is 14.1. The molecular formula is C19H48NO3PSi3. The molecule has 0 aromatic rings. The van der Waals surface area contributed by atoms with Gasteiger partial charge in [0.2, 0.25) is 16.6 Å². The van der Waals surface area contributed by atoms with Crippen LogP contribution in [0.15, 0.2) is 0 Å². The zero-order valence-corrected chi connectivity index (χ0v) is 24.8. The molecule has 164 valence electrons. The Hall–Kier alpha value is 0.761. The zero-order valence-electron chi connectivity index (χ0n) is 20.9. The first-order valence-corrected chi connectivity index (χ1v) is 20.7. The zero-order chi connectivity index (χ0) is 22.3. The topological polar surface area (TPSA) is 47.6 Å². The van der Waals surface area contributed by atoms with Gasteiger partial charge < -0.3 is 13.4 Å². The van der Waals surface area contributed by atoms with Crippen LogP contribution in [0.2, 0.25) is 54.4 Å². The summed E-state index contributed by atoms with van der Waals surface area (Å²) in [6, 6.07) is 0. The third kappa shape index (κ3) is 7.50. The van der Waals surface area contributed by atoms with Crippen molar-refractivity contribution in [2.24, 2.45) is 0 Å². The number of hydrogen-bond donors (Lipinski definition) is 1. The number of rotatable bonds is 7. The lowest BCUT2D eigenvalue weighted by Crippen LogP contribution is -2.53. The number of hydrogen-bond acceptors (Lipinski definition) is 4. The van der Waals surface area contributed by atoms with Gasteiger partial charge in [0.15, 0.2) is 0 Å². The molecule has 0 rings (SSSR count). The standard InChI is InChI=1S/C19H48NO3PSi3/c1-17(2,3)25(10,11)20-16-24(21,22-26(12,13)18(4,5)6)23-27(14,15)19(7,8)9/h20H,16H2,1-15H3. The summed E-state index contributed by atoms with van der Waals surface area (Å²) in [6.45, 7) is 33.0. The van der Waals surface area contributed by atoms with Gasteiger partial charge in [0.1, 0.15) is 8.24 Å². The fraction of sp³-hybridized carbons (Fsp3) is 1.00. The van der Waals surface area contributed by atoms with Crippen molar-refractivity contribution in [3.63, 3.8) is 0 Å². The smallest absolute Gasteiger partial charge is 0.324 e. The van der Waals surface area contributed by atoms with Gasteiger partial charge in [-0.3, -0.25) is 4.57 Å². The molecule has 0 radical (unpaired) electrons. The van der Waals surface area contributed by atoms with Crippen molar-refractivity contribution in [1.82, 2.24) is 4.98 Å². The second-order valence-corrected chi connectivity index (χ2v) is 29.7. The highest BCUT2D eigenvalue weighted by molar-refractivity contribution is 7.57. The molecule has 0 saturated heterocycles. The molecule has 1 N–H and O–H groups in total. The molecule has 0 aliphatic carbocycles. The summed E-state index contributed by atoms with van der Waals surface area (Å²) < 4.78 is 27.1. The molecule has 4 nitrogen and oxygen atoms in total. The molecule has 0 bridgehead atoms. The van der Waals surface area contributed by atoms with E-state index in [1.165, 1.54) is 0 Å². The van der Waals surface area contributed by atoms with Gasteiger partial charge in [0.05, 0.1) is 6.29 Å². The van der Waals surface area contributed by atoms with Crippen LogP contribution in [0.1, 0.15) is 62.3 Å². The summed E-state index contributed by atoms with van der Waals surface area (Å²) in [4.78, 5) is 3.66. The van der Waals surface area contributed by atoms with Crippen LogP contribution >= 0.6 is 7.60 Å². The Balaban J connectivity index is 5.88. The van der Waals surface area contributed by atoms with Crippen LogP contribution in [0.5, 0.6) is 0 Å². The molecule has 0 aromatic carbocycles. The van der Waals surface area contributed by atoms with Crippen molar-refractivity contribution < 1.29 is 13.0 Å². The predicted molar refractivity (Wildman–Crippen MR) is 129 cm³/mol. The van der Waals surface area contributed by atoms with Gasteiger partial charge in [-0.15, -0.1) is 0 Å². The summed E-state index contributed by atoms with van der Waals surface area (Å²) in [5, 5.41) is 0.124. The van der Waals surface area contributed by atoms with E-state index in [1.54, 1.807) is 0 Å². The predicted octanol–water partition coefficient (Wildman–Crippen LogP) is 7.78. The van der Waals surface area contributed by atoms with Crippen molar-refractivity contribution in [2.75, 3.05) is 6.29 Å². The highest BCUT2D eigenvalue weighted by Gasteiger charge is 2.49. The molecule has 8 heteroatoms. The molecular weight excluding hydrogens is 405 g/mol. The summed E-state index contributed by atoms with van der Waals surface area (Å²) in [5.74, 6) is 0. The lowest BCUT2D eigenvalue weighted by atomic mass is 10.2. The monoisotopic (exact) mass is 453 g/mol. The Labute approximate surface area is 173 Å². The van der Waals surface area contributed by atoms with Crippen LogP contribution in [0.25, 0.3) is 0 Å². The third-order valence-electron chi connectivity index (χ3n) is 6.94. The van der Waals surface area contributed by atoms with E-state index in [0.29, 0.717) is 6.29 Å². The Morgan fingerprint density at radius 1 is 0.667 bits per heavy atom. The highest BCUT2D eigenvalue weighted by atomic mass is 31.2. The average Bonchev–Trinajstić information content (AvgIpc) is 2.30. The summed E-state index contributed by atoms with van der Waals surface area (Å²) in [7, 11) is -9.55. The highest BCUT2D eigenvalue weighted by Crippen LogP contribution is 2.58. The van der Waals surface area contributed by atoms with E-state index in [1.807, 2.05) is 0 Å². The first-order chi connectivity index (χ1) is 11.4. The maximum Gasteiger partial charge on any atom is 0.324 e. The second-order valence-electron chi connectivity index (χ2n) is 12.5. The van der Waals surface area contributed by atoms with E-state index in [0.717, 1.165) is 0 Å². The van der Waals surface area contributed by atoms with E-state index in [-0.39, 0.29) is 15.1 Å². The largest absolute Gasteiger partial charge is 0.350 e. The Morgan fingerprint density at radius 3 is 1.19 bits per heavy atom. The minimum atomic E-state index is -3.27. The summed E-state index contributed by atoms with van der Waals surface area (Å²) in [5.41, 5.74) is 0. The van der Waals surface area contributed by atoms with Crippen molar-refractivity contribution in [3.8, 4) is 0 Å². The third-order valence-corrected chi connectivity index (χ3v) is 25.7. The molecule has 0 atom stereocenters. The molecule has 0 amide bonds. The van der Waals surface area contributed by atoms with E-state index < -0.39 is 32.5 Å². The first-order valence-electron chi connectivity index (χ1n) is 10.1. The molecule has 0 spiro atoms. The lowest BCUT2D eigenvalue weighted by Gasteiger charge is -2.45. The molecule has 0 aliphatic rings. The Morgan fingerprint density at radius 2 is 0.963 bits per heavy atom. The fourth-order valence-corrected chi connectivity index (χ4v) is 13.3. The van der Waals surface area contributed by atoms with Gasteiger partial charge in [-0.2, -0.15) is 0 Å². The van der Waals surface area contributed by atoms with Crippen LogP contribution in [0, 0.1) is 0 Å². The van der Waals surface area contributed by atoms with Crippen molar-refractivity contribution in [3.05, 3.63) is 0 Å². The lowest BCUT2D eigenvalue weighted by molar-refractivity contribution is 0.355. The summed E-state index contributed by atoms with van der Waals surface area (Å²) >= 11 is 0. The van der Waals surface area contributed by atoms with Gasteiger partial charge >= 0.3 is 7.60 Å². The van der Waals surface area contributed by atoms with Crippen molar-refractivity contribution >= 4 is 32.5 Å². The Bertz CT molecular complexity index is 524. The maximum absolute atomic E-state index is 14.1. The minimum absolute atomic E-state index is 0.0174. The quantitative estimate of drug-likeness (QED) is 0.316. The molecule has 0 aromatic heterocycles. The molecule has 27 heavy (non-hydrogen) atoms. The van der Waals surface area contributed by atoms with Crippen LogP contribution in [0.3, 0.4) is 0 Å². The summed E-state index contributed by atoms with van der Waals surface area (Å²) in [6.07, 6.45) is 0.308. The van der Waals surface area contributed by atoms with E-state index in [2.05, 4.69) is 107 Å². The van der Waals surface area contributed by atoms with E-state index in [4.69, 9.17) is 8.43 Å². The van der Waals surface area contributed by atoms with Gasteiger partial charge in [-0.1, -0.05) is 75.4 Å². The van der Waals surface area contributed by atoms with Gasteiger partial charge in [0.25, 0.3) is 0 Å². The van der Waals surface area contributed by atoms with Crippen LogP contribution in [0.4, 0.5) is 0 Å². The SMILES string of the molecule is CC(C)(C)[Si](C)(C)NCP(=O)(O[Si](C)(C)C(C)(C)C)O[Si](C)(C)C(C)(C)C. The average molecular weight is 454 g/mol. The van der Waals surface area contributed by atoms with Crippen molar-refractivity contribution in [2.45, 2.75) is 117 Å². The molecule has 0 aliphatic heterocycles. The molecule has 0 fully saturated rings. The van der Waals surface area contributed by atoms with Gasteiger partial charge in [0, 0.05) is 0 Å². The normalized spacial score (nSPS) is 16.0. The van der Waals surface area contributed by atoms with Crippen molar-refractivity contribution in [1.29, 1.82) is 0 Å². The first kappa shape index (κ1) is 27.8. The molecule has 0 heterocycles.